The Labute approximate surface area is 139 Å². The smallest absolute Gasteiger partial charge is 0.108 e. The number of para-hydroxylation sites is 1. The fourth-order valence-corrected chi connectivity index (χ4v) is 3.37. The Bertz CT molecular complexity index is 756. The van der Waals surface area contributed by atoms with Gasteiger partial charge < -0.3 is 5.11 Å². The molecule has 0 aliphatic carbocycles. The summed E-state index contributed by atoms with van der Waals surface area (Å²) in [6.07, 6.45) is 2.81. The molecule has 1 N–H and O–H groups in total. The van der Waals surface area contributed by atoms with Gasteiger partial charge >= 0.3 is 0 Å². The lowest BCUT2D eigenvalue weighted by Crippen LogP contribution is -1.99. The molecule has 0 bridgehead atoms. The third kappa shape index (κ3) is 3.10. The van der Waals surface area contributed by atoms with Crippen molar-refractivity contribution in [3.63, 3.8) is 0 Å². The fourth-order valence-electron chi connectivity index (χ4n) is 2.10. The van der Waals surface area contributed by atoms with Crippen LogP contribution in [0.3, 0.4) is 0 Å². The van der Waals surface area contributed by atoms with Crippen LogP contribution in [0.15, 0.2) is 69.9 Å². The summed E-state index contributed by atoms with van der Waals surface area (Å²) in [6, 6.07) is 15.5. The van der Waals surface area contributed by atoms with Gasteiger partial charge in [0.05, 0.1) is 11.9 Å². The van der Waals surface area contributed by atoms with Crippen molar-refractivity contribution in [2.24, 2.45) is 0 Å². The van der Waals surface area contributed by atoms with Crippen LogP contribution in [0.2, 0.25) is 0 Å². The number of aliphatic hydroxyl groups excluding tert-OH is 1. The van der Waals surface area contributed by atoms with E-state index < -0.39 is 6.10 Å². The van der Waals surface area contributed by atoms with E-state index in [9.17, 15) is 5.11 Å². The molecule has 0 aliphatic rings. The lowest BCUT2D eigenvalue weighted by Gasteiger charge is -2.11. The van der Waals surface area contributed by atoms with Gasteiger partial charge in [0.15, 0.2) is 0 Å². The van der Waals surface area contributed by atoms with E-state index in [-0.39, 0.29) is 0 Å². The second-order valence-electron chi connectivity index (χ2n) is 4.62. The van der Waals surface area contributed by atoms with Crippen molar-refractivity contribution < 1.29 is 5.11 Å². The Morgan fingerprint density at radius 1 is 1.05 bits per heavy atom. The van der Waals surface area contributed by atoms with E-state index in [1.807, 2.05) is 54.7 Å². The van der Waals surface area contributed by atoms with Crippen LogP contribution in [0.5, 0.6) is 0 Å². The van der Waals surface area contributed by atoms with Crippen molar-refractivity contribution in [1.82, 2.24) is 9.78 Å². The highest BCUT2D eigenvalue weighted by molar-refractivity contribution is 9.11. The molecule has 21 heavy (non-hydrogen) atoms. The summed E-state index contributed by atoms with van der Waals surface area (Å²) in [5, 5.41) is 14.8. The minimum absolute atomic E-state index is 0.718. The molecule has 1 atom stereocenters. The van der Waals surface area contributed by atoms with Gasteiger partial charge in [-0.25, -0.2) is 4.68 Å². The number of aromatic nitrogens is 2. The molecule has 0 saturated heterocycles. The average molecular weight is 408 g/mol. The number of rotatable bonds is 3. The van der Waals surface area contributed by atoms with Crippen LogP contribution in [-0.4, -0.2) is 14.9 Å². The van der Waals surface area contributed by atoms with E-state index in [0.29, 0.717) is 0 Å². The van der Waals surface area contributed by atoms with E-state index in [1.54, 1.807) is 10.9 Å². The first-order valence-electron chi connectivity index (χ1n) is 6.38. The van der Waals surface area contributed by atoms with Crippen molar-refractivity contribution >= 4 is 31.9 Å². The van der Waals surface area contributed by atoms with E-state index in [2.05, 4.69) is 37.0 Å². The number of benzene rings is 2. The van der Waals surface area contributed by atoms with Crippen molar-refractivity contribution in [3.05, 3.63) is 81.0 Å². The van der Waals surface area contributed by atoms with Gasteiger partial charge in [-0.1, -0.05) is 56.1 Å². The summed E-state index contributed by atoms with van der Waals surface area (Å²) < 4.78 is 3.58. The second-order valence-corrected chi connectivity index (χ2v) is 6.39. The van der Waals surface area contributed by atoms with Crippen LogP contribution in [-0.2, 0) is 0 Å². The molecule has 0 fully saturated rings. The minimum atomic E-state index is -0.718. The van der Waals surface area contributed by atoms with E-state index >= 15 is 0 Å². The maximum absolute atomic E-state index is 10.5. The SMILES string of the molecule is OC(c1cnn(-c2ccccc2)c1)c1ccc(Br)cc1Br. The molecular formula is C16H12Br2N2O. The summed E-state index contributed by atoms with van der Waals surface area (Å²) in [7, 11) is 0. The van der Waals surface area contributed by atoms with Gasteiger partial charge in [-0.05, 0) is 29.8 Å². The van der Waals surface area contributed by atoms with Crippen LogP contribution in [0.4, 0.5) is 0 Å². The normalized spacial score (nSPS) is 12.3. The van der Waals surface area contributed by atoms with E-state index in [4.69, 9.17) is 0 Å². The Hall–Kier alpha value is -1.43. The molecule has 3 nitrogen and oxygen atoms in total. The molecule has 1 heterocycles. The summed E-state index contributed by atoms with van der Waals surface area (Å²) in [4.78, 5) is 0. The molecule has 1 unspecified atom stereocenters. The van der Waals surface area contributed by atoms with Crippen LogP contribution in [0, 0.1) is 0 Å². The van der Waals surface area contributed by atoms with Crippen LogP contribution >= 0.6 is 31.9 Å². The summed E-state index contributed by atoms with van der Waals surface area (Å²) in [5.74, 6) is 0. The lowest BCUT2D eigenvalue weighted by atomic mass is 10.1. The Morgan fingerprint density at radius 2 is 1.81 bits per heavy atom. The standard InChI is InChI=1S/C16H12Br2N2O/c17-12-6-7-14(15(18)8-12)16(21)11-9-19-20(10-11)13-4-2-1-3-5-13/h1-10,16,21H. The highest BCUT2D eigenvalue weighted by atomic mass is 79.9. The minimum Gasteiger partial charge on any atom is -0.383 e. The third-order valence-corrected chi connectivity index (χ3v) is 4.38. The molecule has 0 aliphatic heterocycles. The number of nitrogens with zero attached hydrogens (tertiary/aromatic N) is 2. The number of hydrogen-bond acceptors (Lipinski definition) is 2. The van der Waals surface area contributed by atoms with Gasteiger partial charge in [-0.3, -0.25) is 0 Å². The van der Waals surface area contributed by atoms with Gasteiger partial charge in [0.25, 0.3) is 0 Å². The van der Waals surface area contributed by atoms with Crippen LogP contribution in [0.25, 0.3) is 5.69 Å². The quantitative estimate of drug-likeness (QED) is 0.695. The molecule has 1 aromatic heterocycles. The lowest BCUT2D eigenvalue weighted by molar-refractivity contribution is 0.219. The zero-order valence-corrected chi connectivity index (χ0v) is 14.1. The van der Waals surface area contributed by atoms with Gasteiger partial charge in [-0.15, -0.1) is 0 Å². The summed E-state index contributed by atoms with van der Waals surface area (Å²) in [6.45, 7) is 0. The molecular weight excluding hydrogens is 396 g/mol. The third-order valence-electron chi connectivity index (χ3n) is 3.20. The largest absolute Gasteiger partial charge is 0.383 e. The zero-order valence-electron chi connectivity index (χ0n) is 10.9. The van der Waals surface area contributed by atoms with Gasteiger partial charge in [0.2, 0.25) is 0 Å². The van der Waals surface area contributed by atoms with E-state index in [0.717, 1.165) is 25.8 Å². The number of aliphatic hydroxyl groups is 1. The highest BCUT2D eigenvalue weighted by Gasteiger charge is 2.16. The number of halogens is 2. The first-order valence-corrected chi connectivity index (χ1v) is 7.97. The molecule has 0 amide bonds. The highest BCUT2D eigenvalue weighted by Crippen LogP contribution is 2.30. The second kappa shape index (κ2) is 6.13. The Morgan fingerprint density at radius 3 is 2.52 bits per heavy atom. The predicted molar refractivity (Wildman–Crippen MR) is 89.5 cm³/mol. The monoisotopic (exact) mass is 406 g/mol. The van der Waals surface area contributed by atoms with Crippen molar-refractivity contribution in [3.8, 4) is 5.69 Å². The van der Waals surface area contributed by atoms with Crippen LogP contribution in [0.1, 0.15) is 17.2 Å². The fraction of sp³-hybridized carbons (Fsp3) is 0.0625. The summed E-state index contributed by atoms with van der Waals surface area (Å²) >= 11 is 6.89. The maximum atomic E-state index is 10.5. The van der Waals surface area contributed by atoms with Crippen molar-refractivity contribution in [1.29, 1.82) is 0 Å². The van der Waals surface area contributed by atoms with E-state index in [1.165, 1.54) is 0 Å². The molecule has 3 rings (SSSR count). The van der Waals surface area contributed by atoms with Crippen molar-refractivity contribution in [2.45, 2.75) is 6.10 Å². The molecule has 5 heteroatoms. The molecule has 0 saturated carbocycles. The first-order chi connectivity index (χ1) is 10.1. The van der Waals surface area contributed by atoms with Gasteiger partial charge in [0, 0.05) is 20.7 Å². The Balaban J connectivity index is 1.92. The predicted octanol–water partition coefficient (Wildman–Crippen LogP) is 4.48. The van der Waals surface area contributed by atoms with Crippen molar-refractivity contribution in [2.75, 3.05) is 0 Å². The van der Waals surface area contributed by atoms with Gasteiger partial charge in [-0.2, -0.15) is 5.10 Å². The van der Waals surface area contributed by atoms with Crippen LogP contribution < -0.4 is 0 Å². The molecule has 2 aromatic carbocycles. The first kappa shape index (κ1) is 14.5. The topological polar surface area (TPSA) is 38.1 Å². The maximum Gasteiger partial charge on any atom is 0.108 e. The average Bonchev–Trinajstić information content (AvgIpc) is 2.97. The zero-order chi connectivity index (χ0) is 14.8. The van der Waals surface area contributed by atoms with Gasteiger partial charge in [0.1, 0.15) is 6.10 Å². The molecule has 106 valence electrons. The molecule has 3 aromatic rings. The molecule has 0 radical (unpaired) electrons. The summed E-state index contributed by atoms with van der Waals surface area (Å²) in [5.41, 5.74) is 2.53. The number of hydrogen-bond donors (Lipinski definition) is 1. The molecule has 0 spiro atoms. The Kier molecular flexibility index (Phi) is 4.24.